The topological polar surface area (TPSA) is 35.2 Å². The average molecular weight is 360 g/mol. The van der Waals surface area contributed by atoms with E-state index in [-0.39, 0.29) is 5.56 Å². The van der Waals surface area contributed by atoms with Crippen LogP contribution < -0.4 is 10.5 Å². The van der Waals surface area contributed by atoms with Gasteiger partial charge in [-0.2, -0.15) is 13.2 Å². The van der Waals surface area contributed by atoms with Gasteiger partial charge >= 0.3 is 6.18 Å². The molecule has 0 aliphatic heterocycles. The number of ether oxygens (including phenoxy) is 1. The van der Waals surface area contributed by atoms with Crippen LogP contribution in [0.1, 0.15) is 17.2 Å². The maximum Gasteiger partial charge on any atom is 0.407 e. The van der Waals surface area contributed by atoms with Crippen LogP contribution >= 0.6 is 15.9 Å². The molecule has 1 atom stereocenters. The van der Waals surface area contributed by atoms with E-state index in [0.717, 1.165) is 5.56 Å². The summed E-state index contributed by atoms with van der Waals surface area (Å²) in [5, 5.41) is 0. The van der Waals surface area contributed by atoms with Crippen LogP contribution in [0, 0.1) is 0 Å². The Morgan fingerprint density at radius 1 is 1.10 bits per heavy atom. The highest BCUT2D eigenvalue weighted by Crippen LogP contribution is 2.34. The lowest BCUT2D eigenvalue weighted by atomic mass is 10.1. The summed E-state index contributed by atoms with van der Waals surface area (Å²) >= 11 is 3.21. The largest absolute Gasteiger partial charge is 0.488 e. The quantitative estimate of drug-likeness (QED) is 0.866. The van der Waals surface area contributed by atoms with Crippen molar-refractivity contribution in [3.05, 3.63) is 64.1 Å². The summed E-state index contributed by atoms with van der Waals surface area (Å²) in [5.41, 5.74) is 6.13. The summed E-state index contributed by atoms with van der Waals surface area (Å²) in [5.74, 6) is 0.469. The van der Waals surface area contributed by atoms with Crippen LogP contribution in [0.3, 0.4) is 0 Å². The molecule has 2 nitrogen and oxygen atoms in total. The van der Waals surface area contributed by atoms with Crippen LogP contribution in [0.5, 0.6) is 5.75 Å². The Hall–Kier alpha value is -1.53. The average Bonchev–Trinajstić information content (AvgIpc) is 2.45. The zero-order valence-electron chi connectivity index (χ0n) is 10.9. The fourth-order valence-electron chi connectivity index (χ4n) is 1.75. The molecule has 2 N–H and O–H groups in total. The fourth-order valence-corrected chi connectivity index (χ4v) is 2.26. The number of benzene rings is 2. The number of hydrogen-bond acceptors (Lipinski definition) is 2. The second kappa shape index (κ2) is 6.49. The minimum Gasteiger partial charge on any atom is -0.488 e. The van der Waals surface area contributed by atoms with E-state index in [1.165, 1.54) is 18.2 Å². The molecular weight excluding hydrogens is 347 g/mol. The highest BCUT2D eigenvalue weighted by molar-refractivity contribution is 9.10. The molecule has 2 aromatic carbocycles. The Labute approximate surface area is 128 Å². The van der Waals surface area contributed by atoms with Crippen molar-refractivity contribution in [1.82, 2.24) is 0 Å². The van der Waals surface area contributed by atoms with Crippen molar-refractivity contribution in [3.63, 3.8) is 0 Å². The van der Waals surface area contributed by atoms with Gasteiger partial charge in [-0.1, -0.05) is 36.4 Å². The maximum absolute atomic E-state index is 12.6. The van der Waals surface area contributed by atoms with Crippen molar-refractivity contribution in [2.45, 2.75) is 18.8 Å². The molecule has 0 fully saturated rings. The summed E-state index contributed by atoms with van der Waals surface area (Å²) in [6.45, 7) is 0.337. The van der Waals surface area contributed by atoms with Crippen molar-refractivity contribution in [2.75, 3.05) is 0 Å². The molecule has 0 aliphatic rings. The first-order valence-electron chi connectivity index (χ1n) is 6.16. The van der Waals surface area contributed by atoms with E-state index >= 15 is 0 Å². The summed E-state index contributed by atoms with van der Waals surface area (Å²) in [6, 6.07) is 11.6. The second-order valence-electron chi connectivity index (χ2n) is 4.48. The predicted molar refractivity (Wildman–Crippen MR) is 77.9 cm³/mol. The molecule has 112 valence electrons. The molecule has 0 bridgehead atoms. The minimum atomic E-state index is -4.47. The molecule has 0 saturated heterocycles. The van der Waals surface area contributed by atoms with Gasteiger partial charge in [0.05, 0.1) is 4.47 Å². The molecule has 0 aliphatic carbocycles. The third-order valence-corrected chi connectivity index (χ3v) is 3.52. The van der Waals surface area contributed by atoms with Crippen molar-refractivity contribution in [3.8, 4) is 5.75 Å². The first-order valence-corrected chi connectivity index (χ1v) is 6.95. The van der Waals surface area contributed by atoms with Crippen molar-refractivity contribution >= 4 is 15.9 Å². The molecular formula is C15H13BrF3NO. The lowest BCUT2D eigenvalue weighted by Crippen LogP contribution is -2.28. The Bertz CT molecular complexity index is 602. The van der Waals surface area contributed by atoms with Gasteiger partial charge in [-0.25, -0.2) is 0 Å². The fraction of sp³-hybridized carbons (Fsp3) is 0.200. The monoisotopic (exact) mass is 359 g/mol. The van der Waals surface area contributed by atoms with Gasteiger partial charge in [-0.3, -0.25) is 0 Å². The minimum absolute atomic E-state index is 0.0126. The number of nitrogens with two attached hydrogens (primary N) is 1. The van der Waals surface area contributed by atoms with Gasteiger partial charge in [0.25, 0.3) is 0 Å². The highest BCUT2D eigenvalue weighted by atomic mass is 79.9. The SMILES string of the molecule is N[C@H](c1ccc(OCc2ccccc2)c(Br)c1)C(F)(F)F. The Balaban J connectivity index is 2.09. The van der Waals surface area contributed by atoms with Crippen molar-refractivity contribution in [1.29, 1.82) is 0 Å². The molecule has 6 heteroatoms. The lowest BCUT2D eigenvalue weighted by molar-refractivity contribution is -0.149. The number of rotatable bonds is 4. The number of halogens is 4. The van der Waals surface area contributed by atoms with E-state index < -0.39 is 12.2 Å². The Morgan fingerprint density at radius 2 is 1.76 bits per heavy atom. The second-order valence-corrected chi connectivity index (χ2v) is 5.34. The zero-order chi connectivity index (χ0) is 15.5. The van der Waals surface area contributed by atoms with Gasteiger partial charge in [0.1, 0.15) is 18.4 Å². The van der Waals surface area contributed by atoms with Gasteiger partial charge < -0.3 is 10.5 Å². The van der Waals surface area contributed by atoms with E-state index in [1.54, 1.807) is 0 Å². The third kappa shape index (κ3) is 4.22. The predicted octanol–water partition coefficient (Wildman–Crippen LogP) is 4.59. The van der Waals surface area contributed by atoms with Crippen molar-refractivity contribution in [2.24, 2.45) is 5.73 Å². The van der Waals surface area contributed by atoms with E-state index in [0.29, 0.717) is 16.8 Å². The van der Waals surface area contributed by atoms with Crippen LogP contribution in [-0.2, 0) is 6.61 Å². The standard InChI is InChI=1S/C15H13BrF3NO/c16-12-8-11(14(20)15(17,18)19)6-7-13(12)21-9-10-4-2-1-3-5-10/h1-8,14H,9,20H2/t14-/m1/s1. The summed E-state index contributed by atoms with van der Waals surface area (Å²) in [7, 11) is 0. The normalized spacial score (nSPS) is 13.0. The van der Waals surface area contributed by atoms with E-state index in [1.807, 2.05) is 30.3 Å². The summed E-state index contributed by atoms with van der Waals surface area (Å²) in [6.07, 6.45) is -4.47. The van der Waals surface area contributed by atoms with Gasteiger partial charge in [0.2, 0.25) is 0 Å². The molecule has 0 unspecified atom stereocenters. The van der Waals surface area contributed by atoms with Gasteiger partial charge in [0.15, 0.2) is 0 Å². The Kier molecular flexibility index (Phi) is 4.90. The van der Waals surface area contributed by atoms with Gasteiger partial charge in [0, 0.05) is 0 Å². The van der Waals surface area contributed by atoms with Crippen LogP contribution in [0.25, 0.3) is 0 Å². The molecule has 2 aromatic rings. The number of hydrogen-bond donors (Lipinski definition) is 1. The van der Waals surface area contributed by atoms with Crippen LogP contribution in [0.2, 0.25) is 0 Å². The number of alkyl halides is 3. The molecule has 0 saturated carbocycles. The van der Waals surface area contributed by atoms with Crippen LogP contribution in [0.15, 0.2) is 53.0 Å². The summed E-state index contributed by atoms with van der Waals surface area (Å²) in [4.78, 5) is 0. The van der Waals surface area contributed by atoms with E-state index in [9.17, 15) is 13.2 Å². The molecule has 0 spiro atoms. The van der Waals surface area contributed by atoms with Crippen LogP contribution in [-0.4, -0.2) is 6.18 Å². The third-order valence-electron chi connectivity index (χ3n) is 2.90. The first-order chi connectivity index (χ1) is 9.88. The molecule has 0 heterocycles. The van der Waals surface area contributed by atoms with E-state index in [4.69, 9.17) is 10.5 Å². The molecule has 21 heavy (non-hydrogen) atoms. The molecule has 0 radical (unpaired) electrons. The summed E-state index contributed by atoms with van der Waals surface area (Å²) < 4.78 is 43.7. The van der Waals surface area contributed by atoms with Crippen LogP contribution in [0.4, 0.5) is 13.2 Å². The molecule has 0 amide bonds. The molecule has 2 rings (SSSR count). The lowest BCUT2D eigenvalue weighted by Gasteiger charge is -2.17. The maximum atomic E-state index is 12.6. The van der Waals surface area contributed by atoms with Gasteiger partial charge in [-0.15, -0.1) is 0 Å². The molecule has 0 aromatic heterocycles. The smallest absolute Gasteiger partial charge is 0.407 e. The van der Waals surface area contributed by atoms with Crippen molar-refractivity contribution < 1.29 is 17.9 Å². The first kappa shape index (κ1) is 15.9. The Morgan fingerprint density at radius 3 is 2.33 bits per heavy atom. The zero-order valence-corrected chi connectivity index (χ0v) is 12.5. The highest BCUT2D eigenvalue weighted by Gasteiger charge is 2.37. The van der Waals surface area contributed by atoms with E-state index in [2.05, 4.69) is 15.9 Å². The van der Waals surface area contributed by atoms with Gasteiger partial charge in [-0.05, 0) is 39.2 Å².